The molecule has 16 heavy (non-hydrogen) atoms. The lowest BCUT2D eigenvalue weighted by Crippen LogP contribution is -2.23. The number of nitrogens with one attached hydrogen (secondary N) is 1. The molecule has 0 radical (unpaired) electrons. The van der Waals surface area contributed by atoms with Gasteiger partial charge in [-0.3, -0.25) is 0 Å². The van der Waals surface area contributed by atoms with Crippen LogP contribution in [0.3, 0.4) is 0 Å². The summed E-state index contributed by atoms with van der Waals surface area (Å²) >= 11 is 0. The molecule has 0 aromatic carbocycles. The van der Waals surface area contributed by atoms with Crippen LogP contribution in [0.4, 0.5) is 0 Å². The van der Waals surface area contributed by atoms with E-state index in [0.29, 0.717) is 12.6 Å². The van der Waals surface area contributed by atoms with Crippen LogP contribution < -0.4 is 5.32 Å². The summed E-state index contributed by atoms with van der Waals surface area (Å²) in [6.45, 7) is 3.39. The monoisotopic (exact) mass is 266 g/mol. The molecular formula is C9H16Cl2N4O. The second kappa shape index (κ2) is 5.82. The van der Waals surface area contributed by atoms with Crippen LogP contribution in [0, 0.1) is 0 Å². The predicted molar refractivity (Wildman–Crippen MR) is 64.2 cm³/mol. The van der Waals surface area contributed by atoms with Gasteiger partial charge in [0.25, 0.3) is 0 Å². The van der Waals surface area contributed by atoms with Gasteiger partial charge < -0.3 is 14.6 Å². The molecule has 0 unspecified atom stereocenters. The van der Waals surface area contributed by atoms with Gasteiger partial charge in [0.2, 0.25) is 0 Å². The Morgan fingerprint density at radius 1 is 1.31 bits per heavy atom. The molecule has 1 saturated heterocycles. The largest absolute Gasteiger partial charge is 0.372 e. The van der Waals surface area contributed by atoms with E-state index in [4.69, 9.17) is 4.74 Å². The van der Waals surface area contributed by atoms with Crippen LogP contribution in [-0.2, 0) is 17.9 Å². The van der Waals surface area contributed by atoms with E-state index in [2.05, 4.69) is 20.1 Å². The third-order valence-electron chi connectivity index (χ3n) is 2.92. The van der Waals surface area contributed by atoms with Gasteiger partial charge in [-0.05, 0) is 19.4 Å². The Kier molecular flexibility index (Phi) is 4.98. The van der Waals surface area contributed by atoms with Gasteiger partial charge in [-0.1, -0.05) is 0 Å². The Bertz CT molecular complexity index is 338. The van der Waals surface area contributed by atoms with Gasteiger partial charge in [-0.15, -0.1) is 35.0 Å². The summed E-state index contributed by atoms with van der Waals surface area (Å²) in [5.74, 6) is 2.07. The number of hydrogen-bond acceptors (Lipinski definition) is 4. The van der Waals surface area contributed by atoms with E-state index in [0.717, 1.165) is 31.3 Å². The van der Waals surface area contributed by atoms with E-state index in [1.54, 1.807) is 0 Å². The Morgan fingerprint density at radius 3 is 2.94 bits per heavy atom. The van der Waals surface area contributed by atoms with E-state index in [1.807, 2.05) is 0 Å². The number of hydrogen-bond donors (Lipinski definition) is 1. The highest BCUT2D eigenvalue weighted by Crippen LogP contribution is 2.23. The maximum atomic E-state index is 5.33. The molecule has 1 aromatic heterocycles. The molecule has 0 aliphatic carbocycles. The summed E-state index contributed by atoms with van der Waals surface area (Å²) in [4.78, 5) is 0. The minimum absolute atomic E-state index is 0. The molecule has 3 heterocycles. The number of rotatable bonds is 1. The maximum absolute atomic E-state index is 5.33. The summed E-state index contributed by atoms with van der Waals surface area (Å²) in [6.07, 6.45) is 2.42. The highest BCUT2D eigenvalue weighted by molar-refractivity contribution is 5.85. The molecule has 3 rings (SSSR count). The molecular weight excluding hydrogens is 251 g/mol. The molecule has 0 bridgehead atoms. The van der Waals surface area contributed by atoms with Gasteiger partial charge in [0.05, 0.1) is 12.6 Å². The number of ether oxygens (including phenoxy) is 1. The summed E-state index contributed by atoms with van der Waals surface area (Å²) < 4.78 is 7.53. The van der Waals surface area contributed by atoms with Crippen molar-refractivity contribution in [2.75, 3.05) is 13.2 Å². The fraction of sp³-hybridized carbons (Fsp3) is 0.778. The lowest BCUT2D eigenvalue weighted by Gasteiger charge is -2.17. The standard InChI is InChI=1S/C9H14N4O.2ClH/c1-2-7(10-3-1)9-12-11-8-6-14-5-4-13(8)9;;/h7,10H,1-6H2;2*1H/t7-;;/m1../s1. The van der Waals surface area contributed by atoms with Gasteiger partial charge in [-0.2, -0.15) is 0 Å². The zero-order chi connectivity index (χ0) is 9.38. The minimum Gasteiger partial charge on any atom is -0.372 e. The quantitative estimate of drug-likeness (QED) is 0.827. The number of halogens is 2. The molecule has 92 valence electrons. The molecule has 2 aliphatic rings. The van der Waals surface area contributed by atoms with Crippen LogP contribution in [0.2, 0.25) is 0 Å². The van der Waals surface area contributed by atoms with Crippen LogP contribution in [0.1, 0.15) is 30.5 Å². The summed E-state index contributed by atoms with van der Waals surface area (Å²) in [5.41, 5.74) is 0. The molecule has 1 aromatic rings. The van der Waals surface area contributed by atoms with E-state index in [9.17, 15) is 0 Å². The minimum atomic E-state index is 0. The van der Waals surface area contributed by atoms with Crippen molar-refractivity contribution in [1.82, 2.24) is 20.1 Å². The molecule has 1 atom stereocenters. The highest BCUT2D eigenvalue weighted by Gasteiger charge is 2.25. The predicted octanol–water partition coefficient (Wildman–Crippen LogP) is 1.08. The second-order valence-corrected chi connectivity index (χ2v) is 3.83. The lowest BCUT2D eigenvalue weighted by molar-refractivity contribution is 0.0801. The Labute approximate surface area is 107 Å². The third-order valence-corrected chi connectivity index (χ3v) is 2.92. The van der Waals surface area contributed by atoms with Crippen molar-refractivity contribution in [3.8, 4) is 0 Å². The van der Waals surface area contributed by atoms with Crippen molar-refractivity contribution in [3.05, 3.63) is 11.6 Å². The van der Waals surface area contributed by atoms with E-state index < -0.39 is 0 Å². The molecule has 1 fully saturated rings. The summed E-state index contributed by atoms with van der Waals surface area (Å²) in [7, 11) is 0. The van der Waals surface area contributed by atoms with Gasteiger partial charge >= 0.3 is 0 Å². The van der Waals surface area contributed by atoms with Gasteiger partial charge in [0, 0.05) is 6.54 Å². The zero-order valence-corrected chi connectivity index (χ0v) is 10.5. The molecule has 7 heteroatoms. The zero-order valence-electron chi connectivity index (χ0n) is 8.89. The smallest absolute Gasteiger partial charge is 0.159 e. The first-order valence-corrected chi connectivity index (χ1v) is 5.18. The first kappa shape index (κ1) is 13.7. The third kappa shape index (κ3) is 2.32. The first-order chi connectivity index (χ1) is 6.95. The first-order valence-electron chi connectivity index (χ1n) is 5.18. The summed E-state index contributed by atoms with van der Waals surface area (Å²) in [6, 6.07) is 0.411. The Morgan fingerprint density at radius 2 is 2.19 bits per heavy atom. The van der Waals surface area contributed by atoms with Crippen LogP contribution >= 0.6 is 24.8 Å². The molecule has 1 N–H and O–H groups in total. The van der Waals surface area contributed by atoms with Crippen LogP contribution in [0.15, 0.2) is 0 Å². The molecule has 0 spiro atoms. The fourth-order valence-electron chi connectivity index (χ4n) is 2.18. The molecule has 0 saturated carbocycles. The highest BCUT2D eigenvalue weighted by atomic mass is 35.5. The van der Waals surface area contributed by atoms with Gasteiger partial charge in [0.15, 0.2) is 5.82 Å². The number of nitrogens with zero attached hydrogens (tertiary/aromatic N) is 3. The van der Waals surface area contributed by atoms with Crippen molar-refractivity contribution in [2.24, 2.45) is 0 Å². The van der Waals surface area contributed by atoms with Crippen LogP contribution in [0.25, 0.3) is 0 Å². The maximum Gasteiger partial charge on any atom is 0.159 e. The average Bonchev–Trinajstić information content (AvgIpc) is 2.85. The van der Waals surface area contributed by atoms with E-state index in [1.165, 1.54) is 12.8 Å². The normalized spacial score (nSPS) is 23.1. The van der Waals surface area contributed by atoms with Crippen molar-refractivity contribution >= 4 is 24.8 Å². The molecule has 5 nitrogen and oxygen atoms in total. The second-order valence-electron chi connectivity index (χ2n) is 3.83. The van der Waals surface area contributed by atoms with Gasteiger partial charge in [0.1, 0.15) is 12.4 Å². The number of fused-ring (bicyclic) bond motifs is 1. The van der Waals surface area contributed by atoms with E-state index >= 15 is 0 Å². The van der Waals surface area contributed by atoms with Crippen molar-refractivity contribution in [3.63, 3.8) is 0 Å². The van der Waals surface area contributed by atoms with Gasteiger partial charge in [-0.25, -0.2) is 0 Å². The SMILES string of the molecule is C1CN[C@@H](c2nnc3n2CCOC3)C1.Cl.Cl. The van der Waals surface area contributed by atoms with Crippen molar-refractivity contribution < 1.29 is 4.74 Å². The molecule has 0 amide bonds. The van der Waals surface area contributed by atoms with Crippen LogP contribution in [0.5, 0.6) is 0 Å². The summed E-state index contributed by atoms with van der Waals surface area (Å²) in [5, 5.41) is 11.8. The fourth-order valence-corrected chi connectivity index (χ4v) is 2.18. The van der Waals surface area contributed by atoms with E-state index in [-0.39, 0.29) is 24.8 Å². The Hall–Kier alpha value is -0.360. The lowest BCUT2D eigenvalue weighted by atomic mass is 10.2. The number of aromatic nitrogens is 3. The topological polar surface area (TPSA) is 52.0 Å². The Balaban J connectivity index is 0.000000640. The average molecular weight is 267 g/mol. The van der Waals surface area contributed by atoms with Crippen LogP contribution in [-0.4, -0.2) is 27.9 Å². The van der Waals surface area contributed by atoms with Crippen molar-refractivity contribution in [2.45, 2.75) is 32.0 Å². The van der Waals surface area contributed by atoms with Crippen molar-refractivity contribution in [1.29, 1.82) is 0 Å². The molecule has 2 aliphatic heterocycles.